The van der Waals surface area contributed by atoms with Crippen molar-refractivity contribution in [2.24, 2.45) is 0 Å². The second-order valence-corrected chi connectivity index (χ2v) is 4.84. The standard InChI is InChI=1S/C15H19F2NO3/c1-2-3-4-13(15(20)21)18-14(19)8-5-10-9-11(16)6-7-12(10)17/h6-7,9,13H,2-5,8H2,1H3,(H,18,19)(H,20,21)/t13-/m0/s1. The van der Waals surface area contributed by atoms with Crippen molar-refractivity contribution in [3.05, 3.63) is 35.4 Å². The van der Waals surface area contributed by atoms with E-state index >= 15 is 0 Å². The number of carboxylic acids is 1. The molecule has 6 heteroatoms. The third-order valence-electron chi connectivity index (χ3n) is 3.11. The number of aliphatic carboxylic acids is 1. The topological polar surface area (TPSA) is 66.4 Å². The smallest absolute Gasteiger partial charge is 0.326 e. The molecular weight excluding hydrogens is 280 g/mol. The molecule has 0 fully saturated rings. The van der Waals surface area contributed by atoms with E-state index in [0.29, 0.717) is 12.8 Å². The van der Waals surface area contributed by atoms with Gasteiger partial charge in [0.2, 0.25) is 5.91 Å². The first-order chi connectivity index (χ1) is 9.93. The lowest BCUT2D eigenvalue weighted by Crippen LogP contribution is -2.40. The summed E-state index contributed by atoms with van der Waals surface area (Å²) in [5.41, 5.74) is 0.102. The number of nitrogens with one attached hydrogen (secondary N) is 1. The van der Waals surface area contributed by atoms with Crippen molar-refractivity contribution < 1.29 is 23.5 Å². The van der Waals surface area contributed by atoms with Crippen molar-refractivity contribution in [2.75, 3.05) is 0 Å². The maximum atomic E-state index is 13.4. The molecule has 0 saturated carbocycles. The fourth-order valence-electron chi connectivity index (χ4n) is 1.92. The Morgan fingerprint density at radius 2 is 2.05 bits per heavy atom. The van der Waals surface area contributed by atoms with Gasteiger partial charge in [-0.1, -0.05) is 19.8 Å². The van der Waals surface area contributed by atoms with Crippen LogP contribution in [0, 0.1) is 11.6 Å². The molecule has 4 nitrogen and oxygen atoms in total. The molecule has 1 aromatic carbocycles. The molecule has 1 atom stereocenters. The van der Waals surface area contributed by atoms with Crippen molar-refractivity contribution >= 4 is 11.9 Å². The van der Waals surface area contributed by atoms with E-state index in [0.717, 1.165) is 24.6 Å². The van der Waals surface area contributed by atoms with Gasteiger partial charge in [0.1, 0.15) is 17.7 Å². The van der Waals surface area contributed by atoms with Gasteiger partial charge in [-0.05, 0) is 36.6 Å². The Labute approximate surface area is 122 Å². The van der Waals surface area contributed by atoms with Crippen LogP contribution in [0.15, 0.2) is 18.2 Å². The highest BCUT2D eigenvalue weighted by Gasteiger charge is 2.19. The Morgan fingerprint density at radius 3 is 2.67 bits per heavy atom. The van der Waals surface area contributed by atoms with Gasteiger partial charge in [0.15, 0.2) is 0 Å². The summed E-state index contributed by atoms with van der Waals surface area (Å²) in [6, 6.07) is 2.11. The second-order valence-electron chi connectivity index (χ2n) is 4.84. The van der Waals surface area contributed by atoms with E-state index in [-0.39, 0.29) is 18.4 Å². The molecule has 0 saturated heterocycles. The number of carboxylic acid groups (broad SMARTS) is 1. The highest BCUT2D eigenvalue weighted by molar-refractivity contribution is 5.83. The molecule has 0 spiro atoms. The van der Waals surface area contributed by atoms with Crippen LogP contribution in [0.4, 0.5) is 8.78 Å². The molecule has 0 aliphatic heterocycles. The largest absolute Gasteiger partial charge is 0.480 e. The average molecular weight is 299 g/mol. The minimum Gasteiger partial charge on any atom is -0.480 e. The number of carbonyl (C=O) groups excluding carboxylic acids is 1. The minimum atomic E-state index is -1.09. The summed E-state index contributed by atoms with van der Waals surface area (Å²) in [5, 5.41) is 11.4. The van der Waals surface area contributed by atoms with Gasteiger partial charge in [0.05, 0.1) is 0 Å². The van der Waals surface area contributed by atoms with Crippen LogP contribution in [0.3, 0.4) is 0 Å². The third kappa shape index (κ3) is 5.89. The van der Waals surface area contributed by atoms with Crippen LogP contribution in [0.1, 0.15) is 38.2 Å². The average Bonchev–Trinajstić information content (AvgIpc) is 2.44. The first-order valence-corrected chi connectivity index (χ1v) is 6.90. The minimum absolute atomic E-state index is 0.0234. The Hall–Kier alpha value is -1.98. The summed E-state index contributed by atoms with van der Waals surface area (Å²) in [4.78, 5) is 22.7. The molecule has 1 rings (SSSR count). The molecule has 21 heavy (non-hydrogen) atoms. The van der Waals surface area contributed by atoms with E-state index in [1.165, 1.54) is 0 Å². The lowest BCUT2D eigenvalue weighted by Gasteiger charge is -2.14. The summed E-state index contributed by atoms with van der Waals surface area (Å²) < 4.78 is 26.4. The van der Waals surface area contributed by atoms with Crippen molar-refractivity contribution in [1.82, 2.24) is 5.32 Å². The summed E-state index contributed by atoms with van der Waals surface area (Å²) in [6.45, 7) is 1.92. The zero-order chi connectivity index (χ0) is 15.8. The van der Waals surface area contributed by atoms with Crippen LogP contribution in [-0.2, 0) is 16.0 Å². The summed E-state index contributed by atoms with van der Waals surface area (Å²) in [6.07, 6.45) is 1.81. The predicted octanol–water partition coefficient (Wildman–Crippen LogP) is 2.66. The van der Waals surface area contributed by atoms with Crippen molar-refractivity contribution in [1.29, 1.82) is 0 Å². The Morgan fingerprint density at radius 1 is 1.33 bits per heavy atom. The van der Waals surface area contributed by atoms with Crippen LogP contribution in [0.5, 0.6) is 0 Å². The van der Waals surface area contributed by atoms with Crippen LogP contribution >= 0.6 is 0 Å². The van der Waals surface area contributed by atoms with Crippen molar-refractivity contribution in [3.8, 4) is 0 Å². The zero-order valence-electron chi connectivity index (χ0n) is 11.9. The molecule has 1 amide bonds. The Kier molecular flexibility index (Phi) is 6.78. The maximum Gasteiger partial charge on any atom is 0.326 e. The van der Waals surface area contributed by atoms with Crippen LogP contribution in [0.2, 0.25) is 0 Å². The quantitative estimate of drug-likeness (QED) is 0.775. The molecular formula is C15H19F2NO3. The third-order valence-corrected chi connectivity index (χ3v) is 3.11. The fraction of sp³-hybridized carbons (Fsp3) is 0.467. The van der Waals surface area contributed by atoms with Gasteiger partial charge < -0.3 is 10.4 Å². The zero-order valence-corrected chi connectivity index (χ0v) is 11.9. The molecule has 0 radical (unpaired) electrons. The number of halogens is 2. The van der Waals surface area contributed by atoms with E-state index in [4.69, 9.17) is 5.11 Å². The van der Waals surface area contributed by atoms with E-state index in [9.17, 15) is 18.4 Å². The molecule has 116 valence electrons. The molecule has 0 aliphatic carbocycles. The van der Waals surface area contributed by atoms with Gasteiger partial charge in [0.25, 0.3) is 0 Å². The van der Waals surface area contributed by atoms with E-state index in [1.54, 1.807) is 0 Å². The first-order valence-electron chi connectivity index (χ1n) is 6.90. The molecule has 1 aromatic rings. The number of benzene rings is 1. The van der Waals surface area contributed by atoms with E-state index in [2.05, 4.69) is 5.32 Å². The second kappa shape index (κ2) is 8.34. The van der Waals surface area contributed by atoms with Crippen molar-refractivity contribution in [3.63, 3.8) is 0 Å². The number of rotatable bonds is 8. The molecule has 0 bridgehead atoms. The van der Waals surface area contributed by atoms with E-state index < -0.39 is 29.6 Å². The highest BCUT2D eigenvalue weighted by atomic mass is 19.1. The van der Waals surface area contributed by atoms with Gasteiger partial charge in [0, 0.05) is 6.42 Å². The lowest BCUT2D eigenvalue weighted by molar-refractivity contribution is -0.142. The molecule has 2 N–H and O–H groups in total. The number of aryl methyl sites for hydroxylation is 1. The van der Waals surface area contributed by atoms with Crippen LogP contribution in [-0.4, -0.2) is 23.0 Å². The first kappa shape index (κ1) is 17.1. The normalized spacial score (nSPS) is 12.0. The Balaban J connectivity index is 2.52. The van der Waals surface area contributed by atoms with E-state index in [1.807, 2.05) is 6.92 Å². The van der Waals surface area contributed by atoms with Gasteiger partial charge in [-0.15, -0.1) is 0 Å². The number of carbonyl (C=O) groups is 2. The Bertz CT molecular complexity index is 506. The SMILES string of the molecule is CCCC[C@H](NC(=O)CCc1cc(F)ccc1F)C(=O)O. The number of amides is 1. The number of unbranched alkanes of at least 4 members (excludes halogenated alkanes) is 1. The van der Waals surface area contributed by atoms with Gasteiger partial charge in [-0.2, -0.15) is 0 Å². The maximum absolute atomic E-state index is 13.4. The molecule has 0 aliphatic rings. The van der Waals surface area contributed by atoms with Gasteiger partial charge in [-0.3, -0.25) is 4.79 Å². The summed E-state index contributed by atoms with van der Waals surface area (Å²) in [7, 11) is 0. The van der Waals surface area contributed by atoms with Crippen LogP contribution < -0.4 is 5.32 Å². The summed E-state index contributed by atoms with van der Waals surface area (Å²) >= 11 is 0. The van der Waals surface area contributed by atoms with Gasteiger partial charge >= 0.3 is 5.97 Å². The van der Waals surface area contributed by atoms with Crippen LogP contribution in [0.25, 0.3) is 0 Å². The monoisotopic (exact) mass is 299 g/mol. The molecule has 0 unspecified atom stereocenters. The van der Waals surface area contributed by atoms with Gasteiger partial charge in [-0.25, -0.2) is 13.6 Å². The number of hydrogen-bond donors (Lipinski definition) is 2. The van der Waals surface area contributed by atoms with Crippen molar-refractivity contribution in [2.45, 2.75) is 45.1 Å². The molecule has 0 heterocycles. The molecule has 0 aromatic heterocycles. The lowest BCUT2D eigenvalue weighted by atomic mass is 10.1. The summed E-state index contributed by atoms with van der Waals surface area (Å²) in [5.74, 6) is -2.72. The highest BCUT2D eigenvalue weighted by Crippen LogP contribution is 2.12. The fourth-order valence-corrected chi connectivity index (χ4v) is 1.92. The number of hydrogen-bond acceptors (Lipinski definition) is 2. The predicted molar refractivity (Wildman–Crippen MR) is 73.8 cm³/mol.